The second-order valence-corrected chi connectivity index (χ2v) is 5.40. The molecule has 19 heavy (non-hydrogen) atoms. The van der Waals surface area contributed by atoms with Gasteiger partial charge in [-0.25, -0.2) is 4.39 Å². The lowest BCUT2D eigenvalue weighted by atomic mass is 10.0. The average molecular weight is 326 g/mol. The van der Waals surface area contributed by atoms with Gasteiger partial charge in [-0.05, 0) is 46.5 Å². The Bertz CT molecular complexity index is 553. The van der Waals surface area contributed by atoms with Gasteiger partial charge in [0.25, 0.3) is 0 Å². The highest BCUT2D eigenvalue weighted by atomic mass is 79.9. The topological polar surface area (TPSA) is 43.8 Å². The molecule has 1 atom stereocenters. The minimum atomic E-state index is -0.231. The standard InChI is InChI=1S/C14H17BrFN3/c1-2-6-19-14(12(15)9-18-19)13(17)8-10-4-3-5-11(16)7-10/h3-5,7,9,13H,2,6,8,17H2,1H3. The number of hydrogen-bond donors (Lipinski definition) is 1. The summed E-state index contributed by atoms with van der Waals surface area (Å²) in [5.74, 6) is -0.231. The van der Waals surface area contributed by atoms with E-state index in [1.54, 1.807) is 12.3 Å². The normalized spacial score (nSPS) is 12.6. The average Bonchev–Trinajstić information content (AvgIpc) is 2.71. The zero-order chi connectivity index (χ0) is 13.8. The molecule has 0 aliphatic rings. The summed E-state index contributed by atoms with van der Waals surface area (Å²) in [7, 11) is 0. The van der Waals surface area contributed by atoms with Crippen LogP contribution in [-0.2, 0) is 13.0 Å². The highest BCUT2D eigenvalue weighted by Gasteiger charge is 2.16. The van der Waals surface area contributed by atoms with Crippen molar-refractivity contribution in [2.45, 2.75) is 32.4 Å². The molecule has 1 unspecified atom stereocenters. The first-order valence-electron chi connectivity index (χ1n) is 6.33. The molecule has 2 rings (SSSR count). The molecule has 1 aromatic heterocycles. The fourth-order valence-electron chi connectivity index (χ4n) is 2.15. The van der Waals surface area contributed by atoms with Crippen LogP contribution in [0.25, 0.3) is 0 Å². The Morgan fingerprint density at radius 2 is 2.26 bits per heavy atom. The zero-order valence-corrected chi connectivity index (χ0v) is 12.4. The molecule has 2 N–H and O–H groups in total. The van der Waals surface area contributed by atoms with Gasteiger partial charge in [0.1, 0.15) is 5.82 Å². The van der Waals surface area contributed by atoms with Crippen molar-refractivity contribution >= 4 is 15.9 Å². The highest BCUT2D eigenvalue weighted by molar-refractivity contribution is 9.10. The summed E-state index contributed by atoms with van der Waals surface area (Å²) in [6.45, 7) is 2.93. The molecule has 102 valence electrons. The van der Waals surface area contributed by atoms with E-state index in [1.165, 1.54) is 12.1 Å². The van der Waals surface area contributed by atoms with Gasteiger partial charge in [-0.2, -0.15) is 5.10 Å². The Morgan fingerprint density at radius 3 is 2.95 bits per heavy atom. The minimum absolute atomic E-state index is 0.203. The number of halogens is 2. The largest absolute Gasteiger partial charge is 0.322 e. The van der Waals surface area contributed by atoms with Crippen molar-refractivity contribution in [3.8, 4) is 0 Å². The molecule has 0 aliphatic heterocycles. The van der Waals surface area contributed by atoms with Gasteiger partial charge in [-0.15, -0.1) is 0 Å². The second kappa shape index (κ2) is 6.30. The van der Waals surface area contributed by atoms with E-state index in [4.69, 9.17) is 5.73 Å². The van der Waals surface area contributed by atoms with E-state index in [1.807, 2.05) is 10.7 Å². The molecule has 3 nitrogen and oxygen atoms in total. The molecule has 1 heterocycles. The maximum atomic E-state index is 13.2. The van der Waals surface area contributed by atoms with Crippen LogP contribution in [-0.4, -0.2) is 9.78 Å². The molecule has 0 fully saturated rings. The van der Waals surface area contributed by atoms with Crippen LogP contribution < -0.4 is 5.73 Å². The predicted molar refractivity (Wildman–Crippen MR) is 77.3 cm³/mol. The third kappa shape index (κ3) is 3.42. The van der Waals surface area contributed by atoms with Gasteiger partial charge in [0.15, 0.2) is 0 Å². The molecule has 0 saturated carbocycles. The zero-order valence-electron chi connectivity index (χ0n) is 10.8. The third-order valence-electron chi connectivity index (χ3n) is 2.96. The number of benzene rings is 1. The summed E-state index contributed by atoms with van der Waals surface area (Å²) in [4.78, 5) is 0. The molecule has 1 aromatic carbocycles. The smallest absolute Gasteiger partial charge is 0.123 e. The van der Waals surface area contributed by atoms with E-state index in [0.29, 0.717) is 6.42 Å². The highest BCUT2D eigenvalue weighted by Crippen LogP contribution is 2.24. The summed E-state index contributed by atoms with van der Waals surface area (Å²) < 4.78 is 16.0. The van der Waals surface area contributed by atoms with Crippen molar-refractivity contribution in [2.24, 2.45) is 5.73 Å². The van der Waals surface area contributed by atoms with Crippen LogP contribution >= 0.6 is 15.9 Å². The monoisotopic (exact) mass is 325 g/mol. The summed E-state index contributed by atoms with van der Waals surface area (Å²) in [5.41, 5.74) is 8.10. The minimum Gasteiger partial charge on any atom is -0.322 e. The summed E-state index contributed by atoms with van der Waals surface area (Å²) in [6.07, 6.45) is 3.34. The molecule has 5 heteroatoms. The van der Waals surface area contributed by atoms with Gasteiger partial charge in [0.05, 0.1) is 22.4 Å². The predicted octanol–water partition coefficient (Wildman–Crippen LogP) is 3.44. The summed E-state index contributed by atoms with van der Waals surface area (Å²) >= 11 is 3.48. The first-order chi connectivity index (χ1) is 9.11. The van der Waals surface area contributed by atoms with Crippen LogP contribution in [0.5, 0.6) is 0 Å². The van der Waals surface area contributed by atoms with Crippen molar-refractivity contribution < 1.29 is 4.39 Å². The SMILES string of the molecule is CCCn1ncc(Br)c1C(N)Cc1cccc(F)c1. The maximum Gasteiger partial charge on any atom is 0.123 e. The van der Waals surface area contributed by atoms with Crippen molar-refractivity contribution in [3.63, 3.8) is 0 Å². The van der Waals surface area contributed by atoms with Gasteiger partial charge >= 0.3 is 0 Å². The molecule has 0 amide bonds. The van der Waals surface area contributed by atoms with Gasteiger partial charge in [-0.1, -0.05) is 19.1 Å². The number of hydrogen-bond acceptors (Lipinski definition) is 2. The van der Waals surface area contributed by atoms with E-state index < -0.39 is 0 Å². The third-order valence-corrected chi connectivity index (χ3v) is 3.58. The van der Waals surface area contributed by atoms with Crippen molar-refractivity contribution in [1.82, 2.24) is 9.78 Å². The van der Waals surface area contributed by atoms with Gasteiger partial charge in [-0.3, -0.25) is 4.68 Å². The van der Waals surface area contributed by atoms with Gasteiger partial charge in [0.2, 0.25) is 0 Å². The number of rotatable bonds is 5. The van der Waals surface area contributed by atoms with Crippen LogP contribution in [0.4, 0.5) is 4.39 Å². The van der Waals surface area contributed by atoms with E-state index in [-0.39, 0.29) is 11.9 Å². The lowest BCUT2D eigenvalue weighted by Crippen LogP contribution is -2.19. The Morgan fingerprint density at radius 1 is 1.47 bits per heavy atom. The fraction of sp³-hybridized carbons (Fsp3) is 0.357. The maximum absolute atomic E-state index is 13.2. The van der Waals surface area contributed by atoms with E-state index in [9.17, 15) is 4.39 Å². The van der Waals surface area contributed by atoms with Crippen LogP contribution in [0.2, 0.25) is 0 Å². The number of nitrogens with two attached hydrogens (primary N) is 1. The van der Waals surface area contributed by atoms with E-state index in [2.05, 4.69) is 28.0 Å². The van der Waals surface area contributed by atoms with Crippen LogP contribution in [0.15, 0.2) is 34.9 Å². The molecular weight excluding hydrogens is 309 g/mol. The Labute approximate surface area is 120 Å². The van der Waals surface area contributed by atoms with Crippen molar-refractivity contribution in [1.29, 1.82) is 0 Å². The van der Waals surface area contributed by atoms with E-state index >= 15 is 0 Å². The molecule has 0 radical (unpaired) electrons. The van der Waals surface area contributed by atoms with Crippen LogP contribution in [0, 0.1) is 5.82 Å². The number of aromatic nitrogens is 2. The summed E-state index contributed by atoms with van der Waals surface area (Å²) in [5, 5.41) is 4.30. The lowest BCUT2D eigenvalue weighted by Gasteiger charge is -2.15. The van der Waals surface area contributed by atoms with Gasteiger partial charge in [0, 0.05) is 6.54 Å². The second-order valence-electron chi connectivity index (χ2n) is 4.54. The lowest BCUT2D eigenvalue weighted by molar-refractivity contribution is 0.535. The Balaban J connectivity index is 2.20. The quantitative estimate of drug-likeness (QED) is 0.915. The Kier molecular flexibility index (Phi) is 4.71. The molecule has 0 bridgehead atoms. The molecule has 0 saturated heterocycles. The fourth-order valence-corrected chi connectivity index (χ4v) is 2.74. The number of aryl methyl sites for hydroxylation is 1. The molecular formula is C14H17BrFN3. The Hall–Kier alpha value is -1.20. The van der Waals surface area contributed by atoms with E-state index in [0.717, 1.165) is 28.7 Å². The molecule has 0 aliphatic carbocycles. The van der Waals surface area contributed by atoms with Crippen molar-refractivity contribution in [2.75, 3.05) is 0 Å². The van der Waals surface area contributed by atoms with Crippen molar-refractivity contribution in [3.05, 3.63) is 52.0 Å². The first kappa shape index (κ1) is 14.2. The number of nitrogens with zero attached hydrogens (tertiary/aromatic N) is 2. The first-order valence-corrected chi connectivity index (χ1v) is 7.12. The molecule has 0 spiro atoms. The van der Waals surface area contributed by atoms with Crippen LogP contribution in [0.1, 0.15) is 30.6 Å². The van der Waals surface area contributed by atoms with Crippen LogP contribution in [0.3, 0.4) is 0 Å². The molecule has 2 aromatic rings. The summed E-state index contributed by atoms with van der Waals surface area (Å²) in [6, 6.07) is 6.35. The van der Waals surface area contributed by atoms with Gasteiger partial charge < -0.3 is 5.73 Å².